The molecule has 81 heavy (non-hydrogen) atoms. The number of halogens is 6. The minimum atomic E-state index is -0.959. The van der Waals surface area contributed by atoms with Gasteiger partial charge in [-0.3, -0.25) is 0 Å². The van der Waals surface area contributed by atoms with Crippen molar-refractivity contribution in [3.05, 3.63) is 273 Å². The molecule has 0 aliphatic rings. The number of hydrogen-bond donors (Lipinski definition) is 1. The van der Waals surface area contributed by atoms with Crippen molar-refractivity contribution in [1.29, 1.82) is 0 Å². The lowest BCUT2D eigenvalue weighted by Crippen LogP contribution is -2.02. The third-order valence-electron chi connectivity index (χ3n) is 13.3. The highest BCUT2D eigenvalue weighted by molar-refractivity contribution is 14.1. The zero-order chi connectivity index (χ0) is 56.8. The van der Waals surface area contributed by atoms with Crippen LogP contribution >= 0.6 is 45.2 Å². The molecule has 1 radical (unpaired) electrons. The van der Waals surface area contributed by atoms with Gasteiger partial charge in [0.05, 0.1) is 28.5 Å². The van der Waals surface area contributed by atoms with E-state index in [1.807, 2.05) is 140 Å². The van der Waals surface area contributed by atoms with Crippen molar-refractivity contribution in [2.24, 2.45) is 0 Å². The second kappa shape index (κ2) is 27.3. The summed E-state index contributed by atoms with van der Waals surface area (Å²) in [6.45, 7) is 0. The third kappa shape index (κ3) is 13.2. The Kier molecular flexibility index (Phi) is 19.4. The highest BCUT2D eigenvalue weighted by Crippen LogP contribution is 2.46. The molecule has 0 aliphatic carbocycles. The minimum Gasteiger partial charge on any atom is -0.535 e. The molecule has 5 nitrogen and oxygen atoms in total. The van der Waals surface area contributed by atoms with E-state index in [1.54, 1.807) is 109 Å². The van der Waals surface area contributed by atoms with Crippen LogP contribution in [-0.2, 0) is 0 Å². The molecule has 0 aromatic heterocycles. The van der Waals surface area contributed by atoms with Crippen molar-refractivity contribution in [1.82, 2.24) is 0 Å². The molecule has 0 spiro atoms. The number of rotatable bonds is 13. The molecule has 0 atom stereocenters. The first-order chi connectivity index (χ1) is 39.5. The molecule has 401 valence electrons. The van der Waals surface area contributed by atoms with Gasteiger partial charge in [-0.2, -0.15) is 0 Å². The number of methoxy groups -OCH3 is 3. The van der Waals surface area contributed by atoms with Crippen molar-refractivity contribution in [2.75, 3.05) is 21.3 Å². The quantitative estimate of drug-likeness (QED) is 0.0410. The van der Waals surface area contributed by atoms with Crippen LogP contribution in [0.3, 0.4) is 0 Å². The second-order valence-corrected chi connectivity index (χ2v) is 20.4. The number of para-hydroxylation sites is 3. The topological polar surface area (TPSA) is 57.2 Å². The molecule has 0 saturated heterocycles. The Morgan fingerprint density at radius 2 is 0.593 bits per heavy atom. The molecule has 0 bridgehead atoms. The van der Waals surface area contributed by atoms with Crippen molar-refractivity contribution < 1.29 is 41.5 Å². The molecular weight excluding hydrogens is 1250 g/mol. The van der Waals surface area contributed by atoms with Gasteiger partial charge in [-0.25, -0.2) is 17.6 Å². The lowest BCUT2D eigenvalue weighted by molar-refractivity contribution is 0.383. The van der Waals surface area contributed by atoms with Gasteiger partial charge in [0.25, 0.3) is 0 Å². The smallest absolute Gasteiger partial charge is 0.535 e. The maximum Gasteiger partial charge on any atom is 0.569 e. The molecule has 0 saturated carbocycles. The van der Waals surface area contributed by atoms with Gasteiger partial charge >= 0.3 is 7.69 Å². The van der Waals surface area contributed by atoms with Gasteiger partial charge in [0.1, 0.15) is 17.2 Å². The Hall–Kier alpha value is -8.18. The van der Waals surface area contributed by atoms with Gasteiger partial charge in [0.2, 0.25) is 0 Å². The first-order valence-electron chi connectivity index (χ1n) is 25.4. The molecule has 11 aromatic carbocycles. The highest BCUT2D eigenvalue weighted by Gasteiger charge is 2.24. The summed E-state index contributed by atoms with van der Waals surface area (Å²) in [6, 6.07) is 77.7. The summed E-state index contributed by atoms with van der Waals surface area (Å²) < 4.78 is 80.6. The van der Waals surface area contributed by atoms with Crippen LogP contribution in [0.1, 0.15) is 0 Å². The summed E-state index contributed by atoms with van der Waals surface area (Å²) in [4.78, 5) is 0. The van der Waals surface area contributed by atoms with E-state index in [0.717, 1.165) is 66.8 Å². The maximum atomic E-state index is 16.2. The average Bonchev–Trinajstić information content (AvgIpc) is 3.55. The molecule has 12 heteroatoms. The first-order valence-corrected chi connectivity index (χ1v) is 27.6. The predicted molar refractivity (Wildman–Crippen MR) is 336 cm³/mol. The second-order valence-electron chi connectivity index (χ2n) is 18.1. The van der Waals surface area contributed by atoms with Gasteiger partial charge < -0.3 is 23.9 Å². The van der Waals surface area contributed by atoms with Crippen LogP contribution < -0.4 is 18.9 Å². The van der Waals surface area contributed by atoms with Crippen molar-refractivity contribution in [2.45, 2.75) is 0 Å². The van der Waals surface area contributed by atoms with E-state index in [9.17, 15) is 8.78 Å². The Morgan fingerprint density at radius 3 is 0.938 bits per heavy atom. The average molecular weight is 1300 g/mol. The lowest BCUT2D eigenvalue weighted by atomic mass is 9.92. The summed E-state index contributed by atoms with van der Waals surface area (Å²) in [7, 11) is 5.34. The van der Waals surface area contributed by atoms with Crippen LogP contribution in [0, 0.1) is 30.4 Å². The highest BCUT2D eigenvalue weighted by atomic mass is 127. The van der Waals surface area contributed by atoms with Crippen LogP contribution in [0.2, 0.25) is 0 Å². The largest absolute Gasteiger partial charge is 0.569 e. The fourth-order valence-electron chi connectivity index (χ4n) is 9.45. The van der Waals surface area contributed by atoms with Crippen LogP contribution in [0.4, 0.5) is 17.6 Å². The molecule has 0 unspecified atom stereocenters. The zero-order valence-electron chi connectivity index (χ0n) is 44.0. The van der Waals surface area contributed by atoms with Crippen LogP contribution in [0.5, 0.6) is 23.0 Å². The minimum absolute atomic E-state index is 0.111. The summed E-state index contributed by atoms with van der Waals surface area (Å²) in [5.74, 6) is -1.45. The zero-order valence-corrected chi connectivity index (χ0v) is 48.3. The number of benzene rings is 11. The summed E-state index contributed by atoms with van der Waals surface area (Å²) in [5.41, 5.74) is 13.0. The molecular formula is C69H50BF4I2O5. The van der Waals surface area contributed by atoms with Gasteiger partial charge in [0, 0.05) is 38.9 Å². The Bertz CT molecular complexity index is 3760. The van der Waals surface area contributed by atoms with Gasteiger partial charge in [-0.1, -0.05) is 206 Å². The first kappa shape index (κ1) is 57.5. The Labute approximate surface area is 497 Å². The van der Waals surface area contributed by atoms with E-state index in [1.165, 1.54) is 0 Å². The van der Waals surface area contributed by atoms with E-state index in [2.05, 4.69) is 60.7 Å². The van der Waals surface area contributed by atoms with Crippen LogP contribution in [0.15, 0.2) is 243 Å². The molecule has 0 aliphatic heterocycles. The molecule has 0 heterocycles. The maximum absolute atomic E-state index is 16.2. The number of ether oxygens (including phenoxy) is 3. The molecule has 0 fully saturated rings. The van der Waals surface area contributed by atoms with Gasteiger partial charge in [0.15, 0.2) is 29.0 Å². The predicted octanol–water partition coefficient (Wildman–Crippen LogP) is 19.1. The van der Waals surface area contributed by atoms with Gasteiger partial charge in [-0.15, -0.1) is 0 Å². The summed E-state index contributed by atoms with van der Waals surface area (Å²) in [6.07, 6.45) is 0. The van der Waals surface area contributed by atoms with E-state index in [4.69, 9.17) is 23.9 Å². The van der Waals surface area contributed by atoms with Crippen LogP contribution in [-0.4, -0.2) is 34.0 Å². The standard InChI is InChI=1S/C44H32F2O2.C19H16BO3.C6H2F2I2/c1-47-43-35(33-19-9-17-31(27-33)29-13-5-3-6-14-29)21-11-23-39(43)37-25-26-38(42(46)41(37)45)40-24-12-22-36(44(40)48-2)34-20-10-18-32(28-34)30-15-7-4-8-16-30;1-22-19-17(11-6-12-18(19)23-20-21)16-10-5-9-15(13-16)14-7-3-2-4-8-14;7-5-3(9)1-2-4(10)6(5)8/h3-28H,1-2H3;2-13,21H,1H3;1-2H. The normalized spacial score (nSPS) is 10.6. The molecule has 11 aromatic rings. The van der Waals surface area contributed by atoms with Crippen LogP contribution in [0.25, 0.3) is 89.0 Å². The van der Waals surface area contributed by atoms with E-state index in [-0.39, 0.29) is 11.1 Å². The molecule has 0 amide bonds. The summed E-state index contributed by atoms with van der Waals surface area (Å²) >= 11 is 3.50. The third-order valence-corrected chi connectivity index (χ3v) is 15.0. The van der Waals surface area contributed by atoms with E-state index in [0.29, 0.717) is 49.0 Å². The summed E-state index contributed by atoms with van der Waals surface area (Å²) in [5, 5.41) is 8.89. The lowest BCUT2D eigenvalue weighted by Gasteiger charge is -2.18. The van der Waals surface area contributed by atoms with Crippen molar-refractivity contribution >= 4 is 52.9 Å². The SMILES string of the molecule is COc1c(-c2cccc(-c3ccccc3)c2)cccc1-c1ccc(-c2cccc(-c3cccc(-c4ccccc4)c3)c2OC)c(F)c1F.COc1c(O[B]O)cccc1-c1cccc(-c2ccccc2)c1.Fc1c(I)ccc(I)c1F. The van der Waals surface area contributed by atoms with E-state index < -0.39 is 23.3 Å². The fourth-order valence-corrected chi connectivity index (χ4v) is 10.3. The van der Waals surface area contributed by atoms with Crippen molar-refractivity contribution in [3.8, 4) is 112 Å². The molecule has 1 N–H and O–H groups in total. The molecule has 11 rings (SSSR count). The van der Waals surface area contributed by atoms with Gasteiger partial charge in [-0.05, 0) is 132 Å². The monoisotopic (exact) mass is 1300 g/mol. The Balaban J connectivity index is 0.000000197. The fraction of sp³-hybridized carbons (Fsp3) is 0.0435. The van der Waals surface area contributed by atoms with E-state index >= 15 is 8.78 Å². The number of hydrogen-bond acceptors (Lipinski definition) is 5. The Morgan fingerprint density at radius 1 is 0.296 bits per heavy atom. The van der Waals surface area contributed by atoms with Crippen molar-refractivity contribution in [3.63, 3.8) is 0 Å².